The second-order valence-corrected chi connectivity index (χ2v) is 8.18. The second-order valence-electron chi connectivity index (χ2n) is 6.33. The lowest BCUT2D eigenvalue weighted by atomic mass is 10.2. The number of amides is 1. The molecule has 0 radical (unpaired) electrons. The van der Waals surface area contributed by atoms with Crippen LogP contribution in [0, 0.1) is 0 Å². The first kappa shape index (κ1) is 20.9. The van der Waals surface area contributed by atoms with Crippen molar-refractivity contribution >= 4 is 56.3 Å². The van der Waals surface area contributed by atoms with E-state index < -0.39 is 0 Å². The summed E-state index contributed by atoms with van der Waals surface area (Å²) in [5.74, 6) is -0.302. The summed E-state index contributed by atoms with van der Waals surface area (Å²) >= 11 is 13.9. The molecule has 0 unspecified atom stereocenters. The number of fused-ring (bicyclic) bond motifs is 1. The van der Waals surface area contributed by atoms with E-state index in [1.807, 2.05) is 48.7 Å². The number of nitrogens with zero attached hydrogens (tertiary/aromatic N) is 3. The van der Waals surface area contributed by atoms with Crippen LogP contribution in [0.1, 0.15) is 17.3 Å². The number of hydrogen-bond donors (Lipinski definition) is 0. The Balaban J connectivity index is 2.05. The topological polar surface area (TPSA) is 46.8 Å². The molecule has 1 amide bonds. The van der Waals surface area contributed by atoms with E-state index >= 15 is 0 Å². The van der Waals surface area contributed by atoms with Gasteiger partial charge in [0.15, 0.2) is 4.80 Å². The smallest absolute Gasteiger partial charge is 0.279 e. The number of anilines is 1. The van der Waals surface area contributed by atoms with E-state index in [9.17, 15) is 4.79 Å². The van der Waals surface area contributed by atoms with E-state index in [0.717, 1.165) is 15.9 Å². The highest BCUT2D eigenvalue weighted by Crippen LogP contribution is 2.29. The maximum absolute atomic E-state index is 12.7. The summed E-state index contributed by atoms with van der Waals surface area (Å²) in [7, 11) is 3.91. The van der Waals surface area contributed by atoms with Gasteiger partial charge < -0.3 is 14.2 Å². The maximum Gasteiger partial charge on any atom is 0.279 e. The average Bonchev–Trinajstić information content (AvgIpc) is 2.99. The van der Waals surface area contributed by atoms with Crippen LogP contribution in [-0.2, 0) is 11.3 Å². The summed E-state index contributed by atoms with van der Waals surface area (Å²) in [5, 5.41) is 1.08. The van der Waals surface area contributed by atoms with E-state index in [4.69, 9.17) is 27.9 Å². The second kappa shape index (κ2) is 9.09. The normalized spacial score (nSPS) is 12.0. The summed E-state index contributed by atoms with van der Waals surface area (Å²) in [6, 6.07) is 10.9. The Morgan fingerprint density at radius 1 is 1.21 bits per heavy atom. The minimum atomic E-state index is -0.302. The zero-order valence-corrected chi connectivity index (χ0v) is 18.2. The van der Waals surface area contributed by atoms with Crippen LogP contribution < -0.4 is 9.70 Å². The number of thiazole rings is 1. The molecule has 0 spiro atoms. The van der Waals surface area contributed by atoms with Gasteiger partial charge in [-0.25, -0.2) is 0 Å². The Kier molecular flexibility index (Phi) is 6.78. The first-order chi connectivity index (χ1) is 13.4. The molecule has 28 heavy (non-hydrogen) atoms. The molecule has 0 saturated heterocycles. The van der Waals surface area contributed by atoms with Gasteiger partial charge in [-0.1, -0.05) is 34.5 Å². The molecule has 1 aromatic heterocycles. The van der Waals surface area contributed by atoms with Crippen molar-refractivity contribution in [1.29, 1.82) is 0 Å². The fraction of sp³-hybridized carbons (Fsp3) is 0.300. The summed E-state index contributed by atoms with van der Waals surface area (Å²) in [6.07, 6.45) is 0. The highest BCUT2D eigenvalue weighted by Gasteiger charge is 2.13. The van der Waals surface area contributed by atoms with E-state index in [-0.39, 0.29) is 5.91 Å². The van der Waals surface area contributed by atoms with Crippen LogP contribution in [0.5, 0.6) is 0 Å². The molecule has 0 aliphatic rings. The first-order valence-electron chi connectivity index (χ1n) is 8.83. The molecule has 148 valence electrons. The van der Waals surface area contributed by atoms with Crippen molar-refractivity contribution in [3.8, 4) is 0 Å². The highest BCUT2D eigenvalue weighted by atomic mass is 35.5. The largest absolute Gasteiger partial charge is 0.380 e. The molecule has 0 aliphatic heterocycles. The van der Waals surface area contributed by atoms with Gasteiger partial charge in [-0.05, 0) is 43.3 Å². The Hall–Kier alpha value is -1.86. The quantitative estimate of drug-likeness (QED) is 0.517. The number of benzene rings is 2. The highest BCUT2D eigenvalue weighted by molar-refractivity contribution is 7.16. The molecule has 1 heterocycles. The third-order valence-electron chi connectivity index (χ3n) is 4.19. The van der Waals surface area contributed by atoms with Crippen LogP contribution >= 0.6 is 34.5 Å². The molecule has 0 fully saturated rings. The number of ether oxygens (including phenoxy) is 1. The van der Waals surface area contributed by atoms with E-state index in [1.54, 1.807) is 18.2 Å². The first-order valence-corrected chi connectivity index (χ1v) is 10.4. The van der Waals surface area contributed by atoms with Gasteiger partial charge >= 0.3 is 0 Å². The van der Waals surface area contributed by atoms with E-state index in [1.165, 1.54) is 11.3 Å². The van der Waals surface area contributed by atoms with Crippen molar-refractivity contribution in [3.63, 3.8) is 0 Å². The average molecular weight is 438 g/mol. The molecule has 0 N–H and O–H groups in total. The van der Waals surface area contributed by atoms with Gasteiger partial charge in [0, 0.05) is 43.5 Å². The third-order valence-corrected chi connectivity index (χ3v) is 5.72. The van der Waals surface area contributed by atoms with Gasteiger partial charge in [-0.2, -0.15) is 4.99 Å². The van der Waals surface area contributed by atoms with Gasteiger partial charge in [-0.3, -0.25) is 4.79 Å². The van der Waals surface area contributed by atoms with Crippen LogP contribution in [0.25, 0.3) is 10.2 Å². The lowest BCUT2D eigenvalue weighted by molar-refractivity contribution is 0.0996. The summed E-state index contributed by atoms with van der Waals surface area (Å²) in [5.41, 5.74) is 2.36. The molecular formula is C20H21Cl2N3O2S. The standard InChI is InChI=1S/C20H21Cl2N3O2S/c1-4-27-10-9-25-18-16(22)11-14(21)12-17(18)28-20(25)23-19(26)13-5-7-15(8-6-13)24(2)3/h5-8,11-12H,4,9-10H2,1-3H3. The van der Waals surface area contributed by atoms with Crippen LogP contribution in [0.2, 0.25) is 10.0 Å². The number of rotatable bonds is 6. The zero-order chi connectivity index (χ0) is 20.3. The molecule has 5 nitrogen and oxygen atoms in total. The molecule has 0 atom stereocenters. The predicted molar refractivity (Wildman–Crippen MR) is 117 cm³/mol. The molecule has 3 rings (SSSR count). The van der Waals surface area contributed by atoms with Crippen LogP contribution in [0.4, 0.5) is 5.69 Å². The number of halogens is 2. The fourth-order valence-electron chi connectivity index (χ4n) is 2.78. The van der Waals surface area contributed by atoms with Crippen molar-refractivity contribution in [3.05, 3.63) is 56.8 Å². The zero-order valence-electron chi connectivity index (χ0n) is 15.9. The molecule has 0 bridgehead atoms. The van der Waals surface area contributed by atoms with Gasteiger partial charge in [-0.15, -0.1) is 0 Å². The van der Waals surface area contributed by atoms with Gasteiger partial charge in [0.05, 0.1) is 21.8 Å². The lowest BCUT2D eigenvalue weighted by Crippen LogP contribution is -2.20. The number of carbonyl (C=O) groups excluding carboxylic acids is 1. The molecular weight excluding hydrogens is 417 g/mol. The van der Waals surface area contributed by atoms with Crippen LogP contribution in [-0.4, -0.2) is 37.8 Å². The Bertz CT molecular complexity index is 1060. The maximum atomic E-state index is 12.7. The van der Waals surface area contributed by atoms with Crippen molar-refractivity contribution in [1.82, 2.24) is 4.57 Å². The Morgan fingerprint density at radius 3 is 2.57 bits per heavy atom. The van der Waals surface area contributed by atoms with E-state index in [0.29, 0.717) is 40.2 Å². The number of aromatic nitrogens is 1. The number of carbonyl (C=O) groups is 1. The van der Waals surface area contributed by atoms with E-state index in [2.05, 4.69) is 4.99 Å². The van der Waals surface area contributed by atoms with Gasteiger partial charge in [0.25, 0.3) is 5.91 Å². The Morgan fingerprint density at radius 2 is 1.93 bits per heavy atom. The monoisotopic (exact) mass is 437 g/mol. The molecule has 3 aromatic rings. The van der Waals surface area contributed by atoms with Gasteiger partial charge in [0.1, 0.15) is 0 Å². The van der Waals surface area contributed by atoms with Gasteiger partial charge in [0.2, 0.25) is 0 Å². The molecule has 8 heteroatoms. The number of hydrogen-bond acceptors (Lipinski definition) is 4. The lowest BCUT2D eigenvalue weighted by Gasteiger charge is -2.11. The SMILES string of the molecule is CCOCCn1c(=NC(=O)c2ccc(N(C)C)cc2)sc2cc(Cl)cc(Cl)c21. The minimum absolute atomic E-state index is 0.302. The van der Waals surface area contributed by atoms with Crippen molar-refractivity contribution in [2.75, 3.05) is 32.2 Å². The predicted octanol–water partition coefficient (Wildman–Crippen LogP) is 4.85. The summed E-state index contributed by atoms with van der Waals surface area (Å²) in [6.45, 7) is 3.60. The van der Waals surface area contributed by atoms with Crippen molar-refractivity contribution in [2.45, 2.75) is 13.5 Å². The van der Waals surface area contributed by atoms with Crippen molar-refractivity contribution < 1.29 is 9.53 Å². The molecule has 2 aromatic carbocycles. The Labute approximate surface area is 177 Å². The fourth-order valence-corrected chi connectivity index (χ4v) is 4.61. The van der Waals surface area contributed by atoms with Crippen molar-refractivity contribution in [2.24, 2.45) is 4.99 Å². The summed E-state index contributed by atoms with van der Waals surface area (Å²) < 4.78 is 8.28. The van der Waals surface area contributed by atoms with Crippen LogP contribution in [0.3, 0.4) is 0 Å². The minimum Gasteiger partial charge on any atom is -0.380 e. The summed E-state index contributed by atoms with van der Waals surface area (Å²) in [4.78, 5) is 19.6. The third kappa shape index (κ3) is 4.58. The molecule has 0 aliphatic carbocycles. The molecule has 0 saturated carbocycles. The van der Waals surface area contributed by atoms with Crippen LogP contribution in [0.15, 0.2) is 41.4 Å².